The Hall–Kier alpha value is -0.940. The third-order valence-corrected chi connectivity index (χ3v) is 5.26. The Labute approximate surface area is 173 Å². The quantitative estimate of drug-likeness (QED) is 0.313. The van der Waals surface area contributed by atoms with Gasteiger partial charge in [-0.25, -0.2) is 9.97 Å². The second kappa shape index (κ2) is 11.8. The van der Waals surface area contributed by atoms with Crippen molar-refractivity contribution in [2.24, 2.45) is 5.41 Å². The van der Waals surface area contributed by atoms with E-state index in [1.54, 1.807) is 6.20 Å². The number of hydrogen-bond acceptors (Lipinski definition) is 3. The van der Waals surface area contributed by atoms with Gasteiger partial charge in [-0.15, -0.1) is 0 Å². The van der Waals surface area contributed by atoms with Gasteiger partial charge in [0.1, 0.15) is 16.9 Å². The minimum absolute atomic E-state index is 0.501. The van der Waals surface area contributed by atoms with Crippen molar-refractivity contribution in [3.05, 3.63) is 23.1 Å². The van der Waals surface area contributed by atoms with Crippen molar-refractivity contribution in [2.75, 3.05) is 6.61 Å². The minimum Gasteiger partial charge on any atom is -0.361 e. The maximum absolute atomic E-state index is 5.80. The molecule has 4 nitrogen and oxygen atoms in total. The first kappa shape index (κ1) is 22.4. The first-order valence-corrected chi connectivity index (χ1v) is 11.3. The molecule has 0 saturated carbocycles. The summed E-state index contributed by atoms with van der Waals surface area (Å²) >= 11 is 3.35. The average Bonchev–Trinajstić information content (AvgIpc) is 3.00. The van der Waals surface area contributed by atoms with E-state index in [4.69, 9.17) is 4.74 Å². The molecule has 0 atom stereocenters. The minimum atomic E-state index is 0.501. The van der Waals surface area contributed by atoms with Crippen molar-refractivity contribution in [3.8, 4) is 0 Å². The lowest BCUT2D eigenvalue weighted by Gasteiger charge is -2.17. The summed E-state index contributed by atoms with van der Waals surface area (Å²) in [4.78, 5) is 8.80. The summed E-state index contributed by atoms with van der Waals surface area (Å²) in [5, 5.41) is 0. The SMILES string of the molecule is CC(C)(C)CCCCCCCCCCCOCn1ccc2nc(Br)cnc21. The molecule has 0 saturated heterocycles. The Kier molecular flexibility index (Phi) is 9.77. The number of unbranched alkanes of at least 4 members (excludes halogenated alkanes) is 8. The highest BCUT2D eigenvalue weighted by molar-refractivity contribution is 9.10. The molecule has 0 amide bonds. The van der Waals surface area contributed by atoms with E-state index in [9.17, 15) is 0 Å². The van der Waals surface area contributed by atoms with Gasteiger partial charge in [-0.1, -0.05) is 72.1 Å². The topological polar surface area (TPSA) is 39.9 Å². The number of aromatic nitrogens is 3. The molecule has 152 valence electrons. The summed E-state index contributed by atoms with van der Waals surface area (Å²) < 4.78 is 8.57. The molecule has 0 radical (unpaired) electrons. The molecular weight excluding hydrogens is 402 g/mol. The van der Waals surface area contributed by atoms with Crippen molar-refractivity contribution in [1.82, 2.24) is 14.5 Å². The van der Waals surface area contributed by atoms with E-state index in [0.717, 1.165) is 28.8 Å². The number of rotatable bonds is 13. The van der Waals surface area contributed by atoms with Gasteiger partial charge in [0.25, 0.3) is 0 Å². The molecule has 0 aliphatic carbocycles. The molecule has 0 aliphatic heterocycles. The zero-order valence-electron chi connectivity index (χ0n) is 17.3. The molecule has 27 heavy (non-hydrogen) atoms. The molecule has 2 rings (SSSR count). The average molecular weight is 438 g/mol. The molecule has 2 aromatic rings. The first-order valence-electron chi connectivity index (χ1n) is 10.5. The molecular formula is C22H36BrN3O. The van der Waals surface area contributed by atoms with Gasteiger partial charge in [-0.2, -0.15) is 0 Å². The zero-order valence-corrected chi connectivity index (χ0v) is 18.9. The molecule has 2 aromatic heterocycles. The van der Waals surface area contributed by atoms with E-state index in [1.807, 2.05) is 16.8 Å². The smallest absolute Gasteiger partial charge is 0.160 e. The Morgan fingerprint density at radius 3 is 2.26 bits per heavy atom. The van der Waals surface area contributed by atoms with Gasteiger partial charge in [0.15, 0.2) is 5.65 Å². The third-order valence-electron chi connectivity index (χ3n) is 4.88. The summed E-state index contributed by atoms with van der Waals surface area (Å²) in [6.45, 7) is 8.38. The zero-order chi connectivity index (χ0) is 19.5. The fraction of sp³-hybridized carbons (Fsp3) is 0.727. The van der Waals surface area contributed by atoms with E-state index in [-0.39, 0.29) is 0 Å². The summed E-state index contributed by atoms with van der Waals surface area (Å²) in [7, 11) is 0. The van der Waals surface area contributed by atoms with Crippen molar-refractivity contribution in [2.45, 2.75) is 91.7 Å². The molecule has 0 fully saturated rings. The molecule has 0 aliphatic rings. The summed E-state index contributed by atoms with van der Waals surface area (Å²) in [6.07, 6.45) is 17.2. The maximum atomic E-state index is 5.80. The largest absolute Gasteiger partial charge is 0.361 e. The Balaban J connectivity index is 1.42. The fourth-order valence-electron chi connectivity index (χ4n) is 3.30. The van der Waals surface area contributed by atoms with Crippen LogP contribution in [0.5, 0.6) is 0 Å². The Morgan fingerprint density at radius 2 is 1.59 bits per heavy atom. The van der Waals surface area contributed by atoms with Crippen LogP contribution in [0.2, 0.25) is 0 Å². The lowest BCUT2D eigenvalue weighted by Crippen LogP contribution is -2.03. The van der Waals surface area contributed by atoms with E-state index >= 15 is 0 Å². The molecule has 0 aromatic carbocycles. The van der Waals surface area contributed by atoms with Gasteiger partial charge in [0.2, 0.25) is 0 Å². The van der Waals surface area contributed by atoms with Crippen LogP contribution in [0.1, 0.15) is 85.0 Å². The van der Waals surface area contributed by atoms with Crippen LogP contribution in [0, 0.1) is 5.41 Å². The molecule has 0 unspecified atom stereocenters. The number of nitrogens with zero attached hydrogens (tertiary/aromatic N) is 3. The number of ether oxygens (including phenoxy) is 1. The van der Waals surface area contributed by atoms with E-state index in [1.165, 1.54) is 57.8 Å². The van der Waals surface area contributed by atoms with E-state index in [0.29, 0.717) is 12.1 Å². The van der Waals surface area contributed by atoms with Crippen molar-refractivity contribution >= 4 is 27.1 Å². The van der Waals surface area contributed by atoms with Crippen LogP contribution < -0.4 is 0 Å². The molecule has 0 N–H and O–H groups in total. The van der Waals surface area contributed by atoms with Gasteiger partial charge in [-0.05, 0) is 40.3 Å². The number of fused-ring (bicyclic) bond motifs is 1. The van der Waals surface area contributed by atoms with Crippen LogP contribution >= 0.6 is 15.9 Å². The number of hydrogen-bond donors (Lipinski definition) is 0. The standard InChI is InChI=1S/C22H36BrN3O/c1-22(2,3)14-11-9-7-5-4-6-8-10-12-16-27-18-26-15-13-19-21(26)24-17-20(23)25-19/h13,15,17H,4-12,14,16,18H2,1-3H3. The highest BCUT2D eigenvalue weighted by Gasteiger charge is 2.08. The van der Waals surface area contributed by atoms with Crippen LogP contribution in [-0.2, 0) is 11.5 Å². The van der Waals surface area contributed by atoms with Gasteiger partial charge >= 0.3 is 0 Å². The van der Waals surface area contributed by atoms with Crippen LogP contribution in [0.4, 0.5) is 0 Å². The lowest BCUT2D eigenvalue weighted by atomic mass is 9.89. The normalized spacial score (nSPS) is 12.1. The van der Waals surface area contributed by atoms with Crippen molar-refractivity contribution in [3.63, 3.8) is 0 Å². The van der Waals surface area contributed by atoms with Crippen molar-refractivity contribution in [1.29, 1.82) is 0 Å². The monoisotopic (exact) mass is 437 g/mol. The number of halogens is 1. The molecule has 2 heterocycles. The van der Waals surface area contributed by atoms with Crippen molar-refractivity contribution < 1.29 is 4.74 Å². The second-order valence-electron chi connectivity index (χ2n) is 8.72. The van der Waals surface area contributed by atoms with E-state index in [2.05, 4.69) is 46.7 Å². The van der Waals surface area contributed by atoms with Gasteiger partial charge in [-0.3, -0.25) is 0 Å². The molecule has 0 bridgehead atoms. The molecule has 0 spiro atoms. The highest BCUT2D eigenvalue weighted by Crippen LogP contribution is 2.22. The molecule has 5 heteroatoms. The Morgan fingerprint density at radius 1 is 0.963 bits per heavy atom. The highest BCUT2D eigenvalue weighted by atomic mass is 79.9. The maximum Gasteiger partial charge on any atom is 0.160 e. The predicted octanol–water partition coefficient (Wildman–Crippen LogP) is 7.12. The lowest BCUT2D eigenvalue weighted by molar-refractivity contribution is 0.0763. The van der Waals surface area contributed by atoms with Gasteiger partial charge in [0, 0.05) is 12.8 Å². The van der Waals surface area contributed by atoms with Gasteiger partial charge in [0.05, 0.1) is 6.20 Å². The van der Waals surface area contributed by atoms with E-state index < -0.39 is 0 Å². The second-order valence-corrected chi connectivity index (χ2v) is 9.53. The summed E-state index contributed by atoms with van der Waals surface area (Å²) in [5.41, 5.74) is 2.27. The van der Waals surface area contributed by atoms with Crippen LogP contribution in [0.3, 0.4) is 0 Å². The summed E-state index contributed by atoms with van der Waals surface area (Å²) in [5.74, 6) is 0. The van der Waals surface area contributed by atoms with Gasteiger partial charge < -0.3 is 9.30 Å². The first-order chi connectivity index (χ1) is 13.0. The van der Waals surface area contributed by atoms with Crippen LogP contribution in [0.15, 0.2) is 23.1 Å². The predicted molar refractivity (Wildman–Crippen MR) is 117 cm³/mol. The third kappa shape index (κ3) is 9.20. The van der Waals surface area contributed by atoms with Crippen LogP contribution in [-0.4, -0.2) is 21.1 Å². The fourth-order valence-corrected chi connectivity index (χ4v) is 3.60. The van der Waals surface area contributed by atoms with Crippen LogP contribution in [0.25, 0.3) is 11.2 Å². The summed E-state index contributed by atoms with van der Waals surface area (Å²) in [6, 6.07) is 1.97. The Bertz CT molecular complexity index is 663.